The lowest BCUT2D eigenvalue weighted by Gasteiger charge is -2.42. The van der Waals surface area contributed by atoms with Gasteiger partial charge in [-0.15, -0.1) is 0 Å². The summed E-state index contributed by atoms with van der Waals surface area (Å²) in [6, 6.07) is 12.6. The number of anilines is 3. The number of carbonyl (C=O) groups excluding carboxylic acids is 8. The standard InChI is InChI=1S/C97H132N14O20S/c1-62-15-11-10-12-16-63(2)85(125-8)53-76-23-18-68(7)97(122,131-76)89(116)92(119)111-32-14-13-17-79(111)93(120)129-75(52-80(112)66(5)48-67(6)82(114)54-81(113)65(4)47-62)24-19-69-20-27-84(86(50-69)126-9)130-96(121)105-57-70-55-101-94(102-56-70)109-39-37-107(38-40-109)88(115)30-43-127-44-41-106-33-35-108(36-34-106)95-103-59-74(60-104-95)90(117)99-31-46-132(123,124)77-25-26-78(64(3)49-77)91(118)110-42-45-128-83-28-21-71(51-73(83)61-110)72-22-29-87(98)100-58-72/h10-12,15-16,21-22,25-26,28-29,48-49,51,55-56,58-60,62,65-66,68-69,75-76,79-80,82,84-86,112,114,122H,13-14,17-20,23-24,27,30-47,50,52-54,57,61H2,1-9H3,(H2,98,100)(H,99,117)(H,105,121)/b12-10?,15-11+,63-16?,67-48+/t62-,65-,66-,68-,69-,75-,76?,79+,80-,82+,84-,85+,86-,97-/m1/s1. The second kappa shape index (κ2) is 47.4. The van der Waals surface area contributed by atoms with Crippen molar-refractivity contribution in [1.82, 2.24) is 55.2 Å². The number of nitrogens with zero attached hydrogens (tertiary/aromatic N) is 11. The molecule has 9 heterocycles. The number of aryl methyl sites for hydroxylation is 1. The zero-order valence-corrected chi connectivity index (χ0v) is 78.3. The zero-order chi connectivity index (χ0) is 94.3. The average Bonchev–Trinajstić information content (AvgIpc) is 0.874. The number of alkyl carbamates (subject to hydrolysis) is 1. The van der Waals surface area contributed by atoms with E-state index in [9.17, 15) is 62.1 Å². The van der Waals surface area contributed by atoms with Crippen LogP contribution < -0.4 is 30.9 Å². The van der Waals surface area contributed by atoms with Crippen molar-refractivity contribution < 1.29 is 95.3 Å². The van der Waals surface area contributed by atoms with E-state index in [1.165, 1.54) is 35.5 Å². The molecule has 0 radical (unpaired) electrons. The van der Waals surface area contributed by atoms with Gasteiger partial charge in [-0.1, -0.05) is 70.2 Å². The molecule has 4 saturated heterocycles. The van der Waals surface area contributed by atoms with Crippen molar-refractivity contribution in [2.45, 2.75) is 217 Å². The molecule has 7 N–H and O–H groups in total. The molecule has 2 bridgehead atoms. The SMILES string of the molecule is CO[C@H]1CC2CC[C@@H](C)[C@@](O)(O2)C(=O)C(=O)N2CCCC[C@H]2C(=O)O[C@H](CC[C@@H]2CC[C@@H](OC(=O)NCc3cnc(N4CCN(C(=O)CCOCCN5CCN(c6ncc(C(=O)NCCS(=O)(=O)c7ccc(C(=O)N8CCOc9ccc(-c%10ccc(N)nc%10)cc9C8)c(C)c7)cn6)CC5)CC4)nc3)[C@H](OC)C2)C[C@@H](O)[C@H](C)/C=C(\C)[C@@H](O)CC(=O)[C@H](C)C[C@H](C)/C=C/C=CC=C1C. The van der Waals surface area contributed by atoms with E-state index >= 15 is 0 Å². The number of nitrogen functional groups attached to an aromatic ring is 1. The number of Topliss-reactive ketones (excluding diaryl/α,β-unsaturated/α-hetero) is 2. The van der Waals surface area contributed by atoms with Gasteiger partial charge in [0.2, 0.25) is 23.6 Å². The summed E-state index contributed by atoms with van der Waals surface area (Å²) in [5.41, 5.74) is 11.4. The fourth-order valence-electron chi connectivity index (χ4n) is 18.3. The molecule has 35 heteroatoms. The largest absolute Gasteiger partial charge is 0.491 e. The van der Waals surface area contributed by atoms with Crippen molar-refractivity contribution in [2.75, 3.05) is 134 Å². The Morgan fingerprint density at radius 2 is 1.42 bits per heavy atom. The third kappa shape index (κ3) is 27.2. The Morgan fingerprint density at radius 1 is 0.697 bits per heavy atom. The first kappa shape index (κ1) is 100. The van der Waals surface area contributed by atoms with Crippen LogP contribution in [0.1, 0.15) is 175 Å². The number of hydrogen-bond donors (Lipinski definition) is 6. The number of aliphatic hydroxyl groups excluding tert-OH is 2. The molecule has 34 nitrogen and oxygen atoms in total. The first-order chi connectivity index (χ1) is 63.3. The number of piperazine rings is 2. The normalized spacial score (nSPS) is 27.0. The number of esters is 1. The van der Waals surface area contributed by atoms with Crippen LogP contribution in [-0.2, 0) is 75.3 Å². The molecule has 5 amide bonds. The summed E-state index contributed by atoms with van der Waals surface area (Å²) in [6.45, 7) is 19.6. The molecule has 12 rings (SSSR count). The smallest absolute Gasteiger partial charge is 0.407 e. The van der Waals surface area contributed by atoms with E-state index < -0.39 is 106 Å². The lowest BCUT2D eigenvalue weighted by atomic mass is 9.81. The number of pyridine rings is 1. The molecule has 5 fully saturated rings. The molecule has 6 aliphatic heterocycles. The number of aliphatic hydroxyl groups is 3. The van der Waals surface area contributed by atoms with E-state index in [0.717, 1.165) is 22.3 Å². The van der Waals surface area contributed by atoms with E-state index in [-0.39, 0.29) is 117 Å². The summed E-state index contributed by atoms with van der Waals surface area (Å²) in [4.78, 5) is 144. The maximum Gasteiger partial charge on any atom is 0.407 e. The van der Waals surface area contributed by atoms with E-state index in [1.807, 2.05) is 90.1 Å². The minimum atomic E-state index is -3.86. The van der Waals surface area contributed by atoms with Gasteiger partial charge >= 0.3 is 12.1 Å². The molecule has 7 aliphatic rings. The van der Waals surface area contributed by atoms with Crippen molar-refractivity contribution >= 4 is 74.8 Å². The second-order valence-electron chi connectivity index (χ2n) is 36.3. The molecular formula is C97H132N14O20S. The van der Waals surface area contributed by atoms with E-state index in [1.54, 1.807) is 77.5 Å². The van der Waals surface area contributed by atoms with Crippen LogP contribution in [0.3, 0.4) is 0 Å². The zero-order valence-electron chi connectivity index (χ0n) is 77.5. The number of carbonyl (C=O) groups is 8. The molecule has 1 unspecified atom stereocenters. The van der Waals surface area contributed by atoms with Crippen LogP contribution in [0.2, 0.25) is 0 Å². The van der Waals surface area contributed by atoms with Gasteiger partial charge in [-0.25, -0.2) is 42.9 Å². The molecule has 716 valence electrons. The quantitative estimate of drug-likeness (QED) is 0.0154. The second-order valence-corrected chi connectivity index (χ2v) is 38.4. The first-order valence-corrected chi connectivity index (χ1v) is 48.1. The minimum Gasteiger partial charge on any atom is -0.491 e. The summed E-state index contributed by atoms with van der Waals surface area (Å²) < 4.78 is 69.4. The average molecular weight is 1850 g/mol. The van der Waals surface area contributed by atoms with Crippen molar-refractivity contribution in [3.8, 4) is 16.9 Å². The highest BCUT2D eigenvalue weighted by atomic mass is 32.2. The van der Waals surface area contributed by atoms with Crippen LogP contribution >= 0.6 is 0 Å². The van der Waals surface area contributed by atoms with E-state index in [2.05, 4.69) is 40.5 Å². The highest BCUT2D eigenvalue weighted by molar-refractivity contribution is 7.91. The topological polar surface area (TPSA) is 430 Å². The van der Waals surface area contributed by atoms with Crippen molar-refractivity contribution in [1.29, 1.82) is 0 Å². The third-order valence-electron chi connectivity index (χ3n) is 26.7. The van der Waals surface area contributed by atoms with Crippen LogP contribution in [0, 0.1) is 36.5 Å². The monoisotopic (exact) mass is 1840 g/mol. The fourth-order valence-corrected chi connectivity index (χ4v) is 19.5. The van der Waals surface area contributed by atoms with Gasteiger partial charge in [-0.2, -0.15) is 0 Å². The Balaban J connectivity index is 0.537. The molecule has 1 saturated carbocycles. The number of aromatic nitrogens is 5. The summed E-state index contributed by atoms with van der Waals surface area (Å²) in [7, 11) is -0.727. The predicted octanol–water partition coefficient (Wildman–Crippen LogP) is 8.68. The number of piperidine rings is 1. The highest BCUT2D eigenvalue weighted by Crippen LogP contribution is 2.39. The number of hydrogen-bond acceptors (Lipinski definition) is 29. The lowest BCUT2D eigenvalue weighted by molar-refractivity contribution is -0.265. The molecule has 5 aromatic rings. The van der Waals surface area contributed by atoms with Crippen LogP contribution in [0.15, 0.2) is 132 Å². The molecule has 14 atom stereocenters. The predicted molar refractivity (Wildman–Crippen MR) is 493 cm³/mol. The number of fused-ring (bicyclic) bond motifs is 4. The Labute approximate surface area is 773 Å². The number of allylic oxidation sites excluding steroid dienone is 5. The number of rotatable bonds is 23. The summed E-state index contributed by atoms with van der Waals surface area (Å²) in [5, 5.41) is 40.9. The Hall–Kier alpha value is -10.5. The number of cyclic esters (lactones) is 1. The third-order valence-corrected chi connectivity index (χ3v) is 28.4. The maximum absolute atomic E-state index is 14.7. The first-order valence-electron chi connectivity index (χ1n) is 46.5. The van der Waals surface area contributed by atoms with Gasteiger partial charge in [0.05, 0.1) is 72.9 Å². The maximum atomic E-state index is 14.7. The van der Waals surface area contributed by atoms with Gasteiger partial charge < -0.3 is 89.3 Å². The number of ketones is 2. The van der Waals surface area contributed by atoms with Gasteiger partial charge in [0.15, 0.2) is 9.84 Å². The number of nitrogens with two attached hydrogens (primary N) is 1. The number of sulfone groups is 1. The van der Waals surface area contributed by atoms with Crippen molar-refractivity contribution in [2.24, 2.45) is 29.6 Å². The summed E-state index contributed by atoms with van der Waals surface area (Å²) >= 11 is 0. The van der Waals surface area contributed by atoms with Crippen LogP contribution in [-0.4, -0.2) is 288 Å². The number of benzene rings is 2. The molecule has 3 aromatic heterocycles. The lowest BCUT2D eigenvalue weighted by Crippen LogP contribution is -2.60. The fraction of sp³-hybridized carbons (Fsp3) is 0.577. The number of nitrogens with one attached hydrogen (secondary N) is 2. The van der Waals surface area contributed by atoms with Crippen LogP contribution in [0.5, 0.6) is 5.75 Å². The highest BCUT2D eigenvalue weighted by Gasteiger charge is 2.53. The van der Waals surface area contributed by atoms with Crippen molar-refractivity contribution in [3.63, 3.8) is 0 Å². The van der Waals surface area contributed by atoms with Crippen LogP contribution in [0.4, 0.5) is 22.5 Å². The Bertz CT molecular complexity index is 5030. The van der Waals surface area contributed by atoms with Gasteiger partial charge in [0.1, 0.15) is 42.2 Å². The van der Waals surface area contributed by atoms with Gasteiger partial charge in [-0.3, -0.25) is 33.7 Å². The number of methoxy groups -OCH3 is 2. The molecular weight excluding hydrogens is 1710 g/mol. The summed E-state index contributed by atoms with van der Waals surface area (Å²) in [5.74, 6) is -6.20. The number of ether oxygens (including phenoxy) is 7. The van der Waals surface area contributed by atoms with Gasteiger partial charge in [0, 0.05) is 190 Å². The van der Waals surface area contributed by atoms with Crippen molar-refractivity contribution in [3.05, 3.63) is 155 Å². The van der Waals surface area contributed by atoms with E-state index in [0.29, 0.717) is 188 Å². The van der Waals surface area contributed by atoms with Gasteiger partial charge in [-0.05, 0) is 168 Å². The van der Waals surface area contributed by atoms with Crippen LogP contribution in [0.25, 0.3) is 11.1 Å². The van der Waals surface area contributed by atoms with E-state index in [4.69, 9.17) is 38.9 Å². The van der Waals surface area contributed by atoms with Gasteiger partial charge in [0.25, 0.3) is 23.5 Å². The Morgan fingerprint density at radius 3 is 2.14 bits per heavy atom. The molecule has 2 aromatic carbocycles. The number of amides is 5. The Kier molecular flexibility index (Phi) is 36.1. The molecule has 0 spiro atoms. The molecule has 132 heavy (non-hydrogen) atoms. The summed E-state index contributed by atoms with van der Waals surface area (Å²) in [6.07, 6.45) is 18.8. The molecule has 1 aliphatic carbocycles. The minimum absolute atomic E-state index is 0.00874.